The minimum absolute atomic E-state index is 0.168. The molecule has 8 heteroatoms. The predicted molar refractivity (Wildman–Crippen MR) is 108 cm³/mol. The molecule has 1 amide bonds. The molecule has 0 bridgehead atoms. The number of ether oxygens (including phenoxy) is 2. The number of hydrogen-bond donors (Lipinski definition) is 0. The Labute approximate surface area is 173 Å². The summed E-state index contributed by atoms with van der Waals surface area (Å²) in [5.41, 5.74) is 2.58. The smallest absolute Gasteiger partial charge is 0.326 e. The number of para-hydroxylation sites is 2. The number of benzene rings is 2. The van der Waals surface area contributed by atoms with Crippen molar-refractivity contribution in [2.45, 2.75) is 26.4 Å². The number of esters is 1. The highest BCUT2D eigenvalue weighted by molar-refractivity contribution is 5.99. The molecule has 1 aliphatic heterocycles. The number of anilines is 1. The van der Waals surface area contributed by atoms with Crippen molar-refractivity contribution in [2.24, 2.45) is 0 Å². The van der Waals surface area contributed by atoms with Crippen LogP contribution in [0.25, 0.3) is 11.4 Å². The van der Waals surface area contributed by atoms with Crippen molar-refractivity contribution in [2.75, 3.05) is 18.1 Å². The Hall–Kier alpha value is -3.68. The Morgan fingerprint density at radius 2 is 1.97 bits per heavy atom. The van der Waals surface area contributed by atoms with Crippen LogP contribution in [0, 0.1) is 0 Å². The lowest BCUT2D eigenvalue weighted by Gasteiger charge is -2.20. The summed E-state index contributed by atoms with van der Waals surface area (Å²) in [6.45, 7) is 1.96. The van der Waals surface area contributed by atoms with Gasteiger partial charge in [-0.15, -0.1) is 0 Å². The van der Waals surface area contributed by atoms with Gasteiger partial charge >= 0.3 is 5.97 Å². The van der Waals surface area contributed by atoms with Crippen molar-refractivity contribution in [1.82, 2.24) is 10.1 Å². The predicted octanol–water partition coefficient (Wildman–Crippen LogP) is 3.16. The molecule has 0 aliphatic carbocycles. The topological polar surface area (TPSA) is 94.8 Å². The Kier molecular flexibility index (Phi) is 5.74. The standard InChI is InChI=1S/C22H21N3O5/c1-2-15-7-9-16(10-8-15)22-23-19(30-24-22)14-29-21(27)13-25-17-5-3-4-6-18(17)28-12-11-20(25)26/h3-10H,2,11-14H2,1H3. The van der Waals surface area contributed by atoms with Crippen LogP contribution >= 0.6 is 0 Å². The van der Waals surface area contributed by atoms with Crippen molar-refractivity contribution in [3.8, 4) is 17.1 Å². The Balaban J connectivity index is 1.38. The summed E-state index contributed by atoms with van der Waals surface area (Å²) in [6, 6.07) is 14.9. The number of amides is 1. The van der Waals surface area contributed by atoms with Crippen LogP contribution in [0.3, 0.4) is 0 Å². The van der Waals surface area contributed by atoms with E-state index in [0.717, 1.165) is 12.0 Å². The molecule has 0 unspecified atom stereocenters. The maximum Gasteiger partial charge on any atom is 0.326 e. The van der Waals surface area contributed by atoms with E-state index in [9.17, 15) is 9.59 Å². The van der Waals surface area contributed by atoms with Gasteiger partial charge in [0.05, 0.1) is 18.7 Å². The summed E-state index contributed by atoms with van der Waals surface area (Å²) < 4.78 is 16.0. The summed E-state index contributed by atoms with van der Waals surface area (Å²) >= 11 is 0. The molecule has 3 aromatic rings. The molecular formula is C22H21N3O5. The van der Waals surface area contributed by atoms with Crippen molar-refractivity contribution in [1.29, 1.82) is 0 Å². The van der Waals surface area contributed by atoms with E-state index in [2.05, 4.69) is 17.1 Å². The first kappa shape index (κ1) is 19.6. The van der Waals surface area contributed by atoms with E-state index in [0.29, 0.717) is 17.3 Å². The van der Waals surface area contributed by atoms with Gasteiger partial charge in [0.15, 0.2) is 6.61 Å². The molecule has 0 N–H and O–H groups in total. The zero-order valence-electron chi connectivity index (χ0n) is 16.5. The number of hydrogen-bond acceptors (Lipinski definition) is 7. The van der Waals surface area contributed by atoms with Gasteiger partial charge in [0.25, 0.3) is 5.89 Å². The third kappa shape index (κ3) is 4.32. The second kappa shape index (κ2) is 8.77. The van der Waals surface area contributed by atoms with Crippen molar-refractivity contribution in [3.63, 3.8) is 0 Å². The molecule has 0 fully saturated rings. The van der Waals surface area contributed by atoms with E-state index in [4.69, 9.17) is 14.0 Å². The molecule has 0 saturated carbocycles. The second-order valence-electron chi connectivity index (χ2n) is 6.77. The van der Waals surface area contributed by atoms with E-state index >= 15 is 0 Å². The number of fused-ring (bicyclic) bond motifs is 1. The summed E-state index contributed by atoms with van der Waals surface area (Å²) in [7, 11) is 0. The van der Waals surface area contributed by atoms with Gasteiger partial charge in [-0.3, -0.25) is 14.5 Å². The zero-order valence-corrected chi connectivity index (χ0v) is 16.5. The molecule has 30 heavy (non-hydrogen) atoms. The average Bonchev–Trinajstić information content (AvgIpc) is 3.19. The van der Waals surface area contributed by atoms with Gasteiger partial charge in [0.2, 0.25) is 11.7 Å². The number of aromatic nitrogens is 2. The van der Waals surface area contributed by atoms with Gasteiger partial charge in [-0.2, -0.15) is 4.98 Å². The van der Waals surface area contributed by atoms with Crippen LogP contribution in [0.15, 0.2) is 53.1 Å². The van der Waals surface area contributed by atoms with Gasteiger partial charge in [0, 0.05) is 5.56 Å². The number of rotatable bonds is 6. The largest absolute Gasteiger partial charge is 0.491 e. The minimum atomic E-state index is -0.577. The van der Waals surface area contributed by atoms with Crippen molar-refractivity contribution < 1.29 is 23.6 Å². The number of carbonyl (C=O) groups excluding carboxylic acids is 2. The second-order valence-corrected chi connectivity index (χ2v) is 6.77. The number of carbonyl (C=O) groups is 2. The van der Waals surface area contributed by atoms with Crippen LogP contribution in [0.1, 0.15) is 24.8 Å². The van der Waals surface area contributed by atoms with Gasteiger partial charge in [-0.25, -0.2) is 0 Å². The molecule has 154 valence electrons. The van der Waals surface area contributed by atoms with Crippen molar-refractivity contribution in [3.05, 3.63) is 60.0 Å². The lowest BCUT2D eigenvalue weighted by Crippen LogP contribution is -2.36. The molecule has 0 atom stereocenters. The van der Waals surface area contributed by atoms with Crippen LogP contribution in [0.5, 0.6) is 5.75 Å². The molecule has 4 rings (SSSR count). The molecule has 2 heterocycles. The lowest BCUT2D eigenvalue weighted by atomic mass is 10.1. The lowest BCUT2D eigenvalue weighted by molar-refractivity contribution is -0.144. The van der Waals surface area contributed by atoms with Gasteiger partial charge in [-0.1, -0.05) is 48.5 Å². The van der Waals surface area contributed by atoms with Gasteiger partial charge in [-0.05, 0) is 24.1 Å². The summed E-state index contributed by atoms with van der Waals surface area (Å²) in [5.74, 6) is 0.396. The quantitative estimate of drug-likeness (QED) is 0.579. The van der Waals surface area contributed by atoms with Crippen LogP contribution in [0.4, 0.5) is 5.69 Å². The molecule has 2 aromatic carbocycles. The average molecular weight is 407 g/mol. The highest BCUT2D eigenvalue weighted by Crippen LogP contribution is 2.30. The third-order valence-electron chi connectivity index (χ3n) is 4.76. The maximum absolute atomic E-state index is 12.4. The number of aryl methyl sites for hydroxylation is 1. The molecule has 0 spiro atoms. The van der Waals surface area contributed by atoms with Gasteiger partial charge in [0.1, 0.15) is 12.3 Å². The van der Waals surface area contributed by atoms with E-state index in [1.165, 1.54) is 10.5 Å². The van der Waals surface area contributed by atoms with E-state index in [1.54, 1.807) is 18.2 Å². The van der Waals surface area contributed by atoms with Crippen LogP contribution < -0.4 is 9.64 Å². The van der Waals surface area contributed by atoms with Crippen LogP contribution in [0.2, 0.25) is 0 Å². The molecular weight excluding hydrogens is 386 g/mol. The van der Waals surface area contributed by atoms with Crippen LogP contribution in [-0.4, -0.2) is 35.2 Å². The highest BCUT2D eigenvalue weighted by Gasteiger charge is 2.25. The molecule has 0 saturated heterocycles. The Morgan fingerprint density at radius 3 is 2.77 bits per heavy atom. The third-order valence-corrected chi connectivity index (χ3v) is 4.76. The molecule has 1 aromatic heterocycles. The number of nitrogens with zero attached hydrogens (tertiary/aromatic N) is 3. The summed E-state index contributed by atoms with van der Waals surface area (Å²) in [4.78, 5) is 30.4. The fourth-order valence-corrected chi connectivity index (χ4v) is 3.13. The minimum Gasteiger partial charge on any atom is -0.491 e. The fraction of sp³-hybridized carbons (Fsp3) is 0.273. The van der Waals surface area contributed by atoms with Gasteiger partial charge < -0.3 is 14.0 Å². The first-order valence-corrected chi connectivity index (χ1v) is 9.73. The molecule has 8 nitrogen and oxygen atoms in total. The Morgan fingerprint density at radius 1 is 1.17 bits per heavy atom. The van der Waals surface area contributed by atoms with Crippen LogP contribution in [-0.2, 0) is 27.4 Å². The first-order valence-electron chi connectivity index (χ1n) is 9.73. The van der Waals surface area contributed by atoms with E-state index in [-0.39, 0.29) is 38.0 Å². The first-order chi connectivity index (χ1) is 14.6. The summed E-state index contributed by atoms with van der Waals surface area (Å²) in [5, 5.41) is 3.93. The van der Waals surface area contributed by atoms with E-state index < -0.39 is 5.97 Å². The monoisotopic (exact) mass is 407 g/mol. The normalized spacial score (nSPS) is 13.4. The SMILES string of the molecule is CCc1ccc(-c2noc(COC(=O)CN3C(=O)CCOc4ccccc43)n2)cc1. The maximum atomic E-state index is 12.4. The Bertz CT molecular complexity index is 1040. The summed E-state index contributed by atoms with van der Waals surface area (Å²) in [6.07, 6.45) is 1.13. The molecule has 0 radical (unpaired) electrons. The van der Waals surface area contributed by atoms with Crippen molar-refractivity contribution >= 4 is 17.6 Å². The zero-order chi connectivity index (χ0) is 20.9. The van der Waals surface area contributed by atoms with E-state index in [1.807, 2.05) is 30.3 Å². The highest BCUT2D eigenvalue weighted by atomic mass is 16.6. The molecule has 1 aliphatic rings. The fourth-order valence-electron chi connectivity index (χ4n) is 3.13.